The van der Waals surface area contributed by atoms with Crippen LogP contribution in [0, 0.1) is 11.8 Å². The maximum absolute atomic E-state index is 6.68. The fourth-order valence-electron chi connectivity index (χ4n) is 3.72. The van der Waals surface area contributed by atoms with Gasteiger partial charge in [0.05, 0.1) is 22.8 Å². The van der Waals surface area contributed by atoms with Crippen LogP contribution in [-0.2, 0) is 0 Å². The summed E-state index contributed by atoms with van der Waals surface area (Å²) in [4.78, 5) is 4.90. The predicted octanol–water partition coefficient (Wildman–Crippen LogP) is 6.64. The van der Waals surface area contributed by atoms with Crippen molar-refractivity contribution in [2.24, 2.45) is 22.6 Å². The van der Waals surface area contributed by atoms with Crippen LogP contribution in [0.25, 0.3) is 0 Å². The molecule has 3 N–H and O–H groups in total. The van der Waals surface area contributed by atoms with Crippen molar-refractivity contribution in [1.29, 1.82) is 0 Å². The molecule has 1 unspecified atom stereocenters. The number of nitrogens with one attached hydrogen (secondary N) is 1. The van der Waals surface area contributed by atoms with Crippen LogP contribution in [0.1, 0.15) is 52.9 Å². The molecule has 0 heterocycles. The lowest BCUT2D eigenvalue weighted by atomic mass is 9.88. The molecule has 0 amide bonds. The highest BCUT2D eigenvalue weighted by atomic mass is 14.9. The lowest BCUT2D eigenvalue weighted by Gasteiger charge is -2.21. The lowest BCUT2D eigenvalue weighted by molar-refractivity contribution is 0.715. The molecular formula is C27H37N3. The Morgan fingerprint density at radius 2 is 1.80 bits per heavy atom. The number of allylic oxidation sites excluding steroid dienone is 10. The van der Waals surface area contributed by atoms with E-state index < -0.39 is 0 Å². The SMILES string of the molecule is C=C(/C=C\C(C)=C/C)NC(=C)C(=C)N=C(/C(N)=C(\C)C1C=CC=CC1)C1CCCC1. The summed E-state index contributed by atoms with van der Waals surface area (Å²) in [6, 6.07) is 0. The first-order chi connectivity index (χ1) is 14.3. The third-order valence-electron chi connectivity index (χ3n) is 5.90. The second kappa shape index (κ2) is 11.4. The van der Waals surface area contributed by atoms with Gasteiger partial charge in [0.25, 0.3) is 0 Å². The van der Waals surface area contributed by atoms with E-state index in [1.165, 1.54) is 24.0 Å². The van der Waals surface area contributed by atoms with E-state index in [2.05, 4.69) is 56.3 Å². The third kappa shape index (κ3) is 6.62. The summed E-state index contributed by atoms with van der Waals surface area (Å²) in [5, 5.41) is 3.20. The Balaban J connectivity index is 2.21. The predicted molar refractivity (Wildman–Crippen MR) is 132 cm³/mol. The summed E-state index contributed by atoms with van der Waals surface area (Å²) in [5.74, 6) is 0.712. The van der Waals surface area contributed by atoms with E-state index in [4.69, 9.17) is 10.7 Å². The van der Waals surface area contributed by atoms with E-state index in [0.717, 1.165) is 36.4 Å². The Kier molecular flexibility index (Phi) is 8.91. The number of nitrogens with two attached hydrogens (primary N) is 1. The highest BCUT2D eigenvalue weighted by molar-refractivity contribution is 6.02. The van der Waals surface area contributed by atoms with Gasteiger partial charge in [0.1, 0.15) is 0 Å². The van der Waals surface area contributed by atoms with Gasteiger partial charge in [-0.15, -0.1) is 0 Å². The molecule has 0 bridgehead atoms. The second-order valence-corrected chi connectivity index (χ2v) is 8.17. The zero-order valence-corrected chi connectivity index (χ0v) is 18.9. The molecule has 0 saturated heterocycles. The van der Waals surface area contributed by atoms with E-state index in [-0.39, 0.29) is 0 Å². The molecule has 0 aliphatic heterocycles. The lowest BCUT2D eigenvalue weighted by Crippen LogP contribution is -2.24. The standard InChI is InChI=1S/C27H37N3/c1-7-19(2)17-18-20(3)29-22(5)23(6)30-27(25-15-11-12-16-25)26(28)21(4)24-13-9-8-10-14-24/h7-10,13,17-18,24-25,29H,3,5-6,11-12,14-16,28H2,1-2,4H3/b18-17-,19-7-,26-21-,30-27?. The molecule has 2 aliphatic carbocycles. The number of rotatable bonds is 9. The van der Waals surface area contributed by atoms with E-state index in [0.29, 0.717) is 23.2 Å². The summed E-state index contributed by atoms with van der Waals surface area (Å²) in [5.41, 5.74) is 12.8. The van der Waals surface area contributed by atoms with Crippen LogP contribution in [0.4, 0.5) is 0 Å². The zero-order valence-electron chi connectivity index (χ0n) is 18.9. The maximum Gasteiger partial charge on any atom is 0.0791 e. The molecule has 0 aromatic carbocycles. The Bertz CT molecular complexity index is 853. The fraction of sp³-hybridized carbons (Fsp3) is 0.370. The molecule has 3 heteroatoms. The Hall–Kier alpha value is -2.81. The van der Waals surface area contributed by atoms with Crippen molar-refractivity contribution in [2.45, 2.75) is 52.9 Å². The Morgan fingerprint density at radius 3 is 2.40 bits per heavy atom. The fourth-order valence-corrected chi connectivity index (χ4v) is 3.72. The van der Waals surface area contributed by atoms with Gasteiger partial charge < -0.3 is 11.1 Å². The summed E-state index contributed by atoms with van der Waals surface area (Å²) >= 11 is 0. The van der Waals surface area contributed by atoms with Crippen molar-refractivity contribution in [3.8, 4) is 0 Å². The van der Waals surface area contributed by atoms with Gasteiger partial charge in [-0.2, -0.15) is 0 Å². The average Bonchev–Trinajstić information content (AvgIpc) is 3.29. The molecule has 2 aliphatic rings. The summed E-state index contributed by atoms with van der Waals surface area (Å²) in [6.07, 6.45) is 20.2. The van der Waals surface area contributed by atoms with E-state index in [9.17, 15) is 0 Å². The van der Waals surface area contributed by atoms with Gasteiger partial charge in [-0.3, -0.25) is 0 Å². The van der Waals surface area contributed by atoms with Crippen LogP contribution in [0.3, 0.4) is 0 Å². The van der Waals surface area contributed by atoms with Crippen LogP contribution in [-0.4, -0.2) is 5.71 Å². The van der Waals surface area contributed by atoms with Crippen molar-refractivity contribution < 1.29 is 0 Å². The van der Waals surface area contributed by atoms with Crippen molar-refractivity contribution in [3.05, 3.63) is 96.2 Å². The number of nitrogens with zero attached hydrogens (tertiary/aromatic N) is 1. The van der Waals surface area contributed by atoms with Crippen molar-refractivity contribution in [2.75, 3.05) is 0 Å². The zero-order chi connectivity index (χ0) is 22.1. The van der Waals surface area contributed by atoms with Gasteiger partial charge >= 0.3 is 0 Å². The highest BCUT2D eigenvalue weighted by Gasteiger charge is 2.25. The molecule has 0 spiro atoms. The smallest absolute Gasteiger partial charge is 0.0791 e. The quantitative estimate of drug-likeness (QED) is 0.335. The van der Waals surface area contributed by atoms with E-state index >= 15 is 0 Å². The van der Waals surface area contributed by atoms with Crippen LogP contribution >= 0.6 is 0 Å². The summed E-state index contributed by atoms with van der Waals surface area (Å²) in [6.45, 7) is 18.5. The molecule has 1 fully saturated rings. The van der Waals surface area contributed by atoms with Gasteiger partial charge in [0.2, 0.25) is 0 Å². The van der Waals surface area contributed by atoms with Crippen LogP contribution < -0.4 is 11.1 Å². The topological polar surface area (TPSA) is 50.4 Å². The molecule has 0 aromatic heterocycles. The van der Waals surface area contributed by atoms with Crippen LogP contribution in [0.2, 0.25) is 0 Å². The minimum Gasteiger partial charge on any atom is -0.397 e. The molecule has 0 radical (unpaired) electrons. The first-order valence-electron chi connectivity index (χ1n) is 10.9. The molecule has 3 nitrogen and oxygen atoms in total. The molecule has 160 valence electrons. The van der Waals surface area contributed by atoms with Gasteiger partial charge in [0.15, 0.2) is 0 Å². The van der Waals surface area contributed by atoms with Crippen molar-refractivity contribution >= 4 is 5.71 Å². The average molecular weight is 404 g/mol. The molecular weight excluding hydrogens is 366 g/mol. The van der Waals surface area contributed by atoms with E-state index in [1.807, 2.05) is 32.1 Å². The minimum absolute atomic E-state index is 0.330. The Morgan fingerprint density at radius 1 is 1.10 bits per heavy atom. The largest absolute Gasteiger partial charge is 0.397 e. The van der Waals surface area contributed by atoms with Crippen LogP contribution in [0.5, 0.6) is 0 Å². The second-order valence-electron chi connectivity index (χ2n) is 8.17. The third-order valence-corrected chi connectivity index (χ3v) is 5.90. The molecule has 30 heavy (non-hydrogen) atoms. The van der Waals surface area contributed by atoms with Gasteiger partial charge in [0, 0.05) is 17.5 Å². The first-order valence-corrected chi connectivity index (χ1v) is 10.9. The molecule has 0 aromatic rings. The Labute approximate surface area is 182 Å². The monoisotopic (exact) mass is 403 g/mol. The minimum atomic E-state index is 0.330. The van der Waals surface area contributed by atoms with Crippen molar-refractivity contribution in [3.63, 3.8) is 0 Å². The van der Waals surface area contributed by atoms with Gasteiger partial charge in [-0.25, -0.2) is 4.99 Å². The normalized spacial score (nSPS) is 21.1. The van der Waals surface area contributed by atoms with Gasteiger partial charge in [-0.05, 0) is 51.7 Å². The number of aliphatic imine (C=N–C) groups is 1. The molecule has 2 rings (SSSR count). The highest BCUT2D eigenvalue weighted by Crippen LogP contribution is 2.31. The van der Waals surface area contributed by atoms with Crippen LogP contribution in [0.15, 0.2) is 101 Å². The molecule has 1 saturated carbocycles. The first kappa shape index (κ1) is 23.5. The summed E-state index contributed by atoms with van der Waals surface area (Å²) < 4.78 is 0. The molecule has 1 atom stereocenters. The number of hydrogen-bond acceptors (Lipinski definition) is 3. The number of hydrogen-bond donors (Lipinski definition) is 2. The maximum atomic E-state index is 6.68. The summed E-state index contributed by atoms with van der Waals surface area (Å²) in [7, 11) is 0. The van der Waals surface area contributed by atoms with Gasteiger partial charge in [-0.1, -0.05) is 74.6 Å². The van der Waals surface area contributed by atoms with E-state index in [1.54, 1.807) is 0 Å². The van der Waals surface area contributed by atoms with Crippen molar-refractivity contribution in [1.82, 2.24) is 5.32 Å².